The second kappa shape index (κ2) is 13.3. The van der Waals surface area contributed by atoms with Crippen LogP contribution in [0.5, 0.6) is 0 Å². The summed E-state index contributed by atoms with van der Waals surface area (Å²) < 4.78 is 1.78. The van der Waals surface area contributed by atoms with Crippen molar-refractivity contribution in [1.82, 2.24) is 9.97 Å². The van der Waals surface area contributed by atoms with Gasteiger partial charge in [-0.05, 0) is 47.2 Å². The lowest BCUT2D eigenvalue weighted by atomic mass is 9.71. The maximum atomic E-state index is 12.2. The van der Waals surface area contributed by atoms with Gasteiger partial charge in [0.25, 0.3) is 0 Å². The standard InChI is InChI=1S/C46H52N4O2/c1-3-33-29-49(23-19-35(33)25-43(49)45(51)39-17-21-47-41-11-7-5-9-37(39)41)27-31-13-15-32(16-14-31)28-50-24-20-36(34(4-2)30-50)26-44(50)46(52)40-18-22-48-42-12-8-6-10-38(40)42/h3-18,21-22,33-36,43-46,51-52H,1-2,19-20,23-30H2/q+2/t33-,34-,35-,36-,43+,44+,45-,46-,49?,50?/m0/s1. The largest absolute Gasteiger partial charge is 0.382 e. The van der Waals surface area contributed by atoms with Gasteiger partial charge in [0.1, 0.15) is 37.4 Å². The summed E-state index contributed by atoms with van der Waals surface area (Å²) in [5.74, 6) is 2.09. The molecule has 10 atom stereocenters. The third kappa shape index (κ3) is 5.63. The fourth-order valence-electron chi connectivity index (χ4n) is 11.4. The third-order valence-corrected chi connectivity index (χ3v) is 14.1. The van der Waals surface area contributed by atoms with Crippen molar-refractivity contribution in [2.24, 2.45) is 23.7 Å². The van der Waals surface area contributed by atoms with E-state index in [9.17, 15) is 10.2 Å². The molecule has 8 heterocycles. The number of para-hydroxylation sites is 2. The van der Waals surface area contributed by atoms with Crippen LogP contribution in [0, 0.1) is 23.7 Å². The van der Waals surface area contributed by atoms with Crippen LogP contribution in [0.1, 0.15) is 60.1 Å². The number of piperidine rings is 6. The molecule has 6 saturated heterocycles. The Hall–Kier alpha value is -4.20. The molecule has 0 saturated carbocycles. The van der Waals surface area contributed by atoms with Crippen LogP contribution in [0.2, 0.25) is 0 Å². The van der Waals surface area contributed by atoms with Gasteiger partial charge in [-0.3, -0.25) is 9.97 Å². The fourth-order valence-corrected chi connectivity index (χ4v) is 11.4. The molecule has 5 aromatic rings. The smallest absolute Gasteiger partial charge is 0.131 e. The zero-order valence-electron chi connectivity index (χ0n) is 30.2. The predicted octanol–water partition coefficient (Wildman–Crippen LogP) is 8.07. The number of quaternary nitrogens is 2. The van der Waals surface area contributed by atoms with Crippen molar-refractivity contribution in [3.8, 4) is 0 Å². The van der Waals surface area contributed by atoms with E-state index >= 15 is 0 Å². The first-order chi connectivity index (χ1) is 25.4. The minimum absolute atomic E-state index is 0.121. The van der Waals surface area contributed by atoms with Crippen molar-refractivity contribution in [3.63, 3.8) is 0 Å². The number of aliphatic hydroxyl groups excluding tert-OH is 2. The van der Waals surface area contributed by atoms with Gasteiger partial charge >= 0.3 is 0 Å². The quantitative estimate of drug-likeness (QED) is 0.115. The van der Waals surface area contributed by atoms with E-state index in [4.69, 9.17) is 0 Å². The highest BCUT2D eigenvalue weighted by atomic mass is 16.3. The van der Waals surface area contributed by atoms with E-state index in [0.29, 0.717) is 23.7 Å². The number of aliphatic hydroxyl groups is 2. The van der Waals surface area contributed by atoms with Gasteiger partial charge in [0.05, 0.1) is 37.2 Å². The van der Waals surface area contributed by atoms with Crippen molar-refractivity contribution >= 4 is 21.8 Å². The van der Waals surface area contributed by atoms with Crippen LogP contribution in [0.3, 0.4) is 0 Å². The number of fused-ring (bicyclic) bond motifs is 8. The highest BCUT2D eigenvalue weighted by molar-refractivity contribution is 5.83. The summed E-state index contributed by atoms with van der Waals surface area (Å²) in [7, 11) is 0. The lowest BCUT2D eigenvalue weighted by molar-refractivity contribution is -0.985. The molecule has 266 valence electrons. The average molecular weight is 693 g/mol. The predicted molar refractivity (Wildman–Crippen MR) is 208 cm³/mol. The summed E-state index contributed by atoms with van der Waals surface area (Å²) in [4.78, 5) is 9.18. The molecule has 4 bridgehead atoms. The molecular formula is C46H52N4O2+2. The van der Waals surface area contributed by atoms with Gasteiger partial charge in [0, 0.05) is 71.8 Å². The van der Waals surface area contributed by atoms with E-state index < -0.39 is 12.2 Å². The van der Waals surface area contributed by atoms with Crippen LogP contribution in [0.4, 0.5) is 0 Å². The lowest BCUT2D eigenvalue weighted by Crippen LogP contribution is -2.67. The van der Waals surface area contributed by atoms with Crippen LogP contribution in [-0.2, 0) is 13.1 Å². The summed E-state index contributed by atoms with van der Waals surface area (Å²) in [6, 6.07) is 30.1. The van der Waals surface area contributed by atoms with E-state index in [1.807, 2.05) is 60.9 Å². The Morgan fingerprint density at radius 2 is 1.04 bits per heavy atom. The molecule has 0 spiro atoms. The summed E-state index contributed by atoms with van der Waals surface area (Å²) in [5.41, 5.74) is 6.52. The van der Waals surface area contributed by atoms with Crippen LogP contribution < -0.4 is 0 Å². The molecule has 6 heteroatoms. The number of hydrogen-bond acceptors (Lipinski definition) is 4. The normalized spacial score (nSPS) is 32.1. The Kier molecular flexibility index (Phi) is 8.62. The van der Waals surface area contributed by atoms with Crippen molar-refractivity contribution in [3.05, 3.63) is 145 Å². The molecule has 6 aliphatic rings. The number of nitrogens with zero attached hydrogens (tertiary/aromatic N) is 4. The average Bonchev–Trinajstić information content (AvgIpc) is 3.20. The Bertz CT molecular complexity index is 1950. The number of benzene rings is 3. The molecule has 0 aliphatic carbocycles. The van der Waals surface area contributed by atoms with Crippen LogP contribution >= 0.6 is 0 Å². The number of rotatable bonds is 10. The van der Waals surface area contributed by atoms with Crippen molar-refractivity contribution in [2.75, 3.05) is 26.2 Å². The Labute approximate surface area is 308 Å². The van der Waals surface area contributed by atoms with Gasteiger partial charge in [-0.25, -0.2) is 0 Å². The lowest BCUT2D eigenvalue weighted by Gasteiger charge is -2.58. The van der Waals surface area contributed by atoms with Gasteiger partial charge in [0.15, 0.2) is 0 Å². The van der Waals surface area contributed by atoms with E-state index in [1.165, 1.54) is 24.0 Å². The van der Waals surface area contributed by atoms with Crippen molar-refractivity contribution < 1.29 is 19.2 Å². The Morgan fingerprint density at radius 1 is 0.615 bits per heavy atom. The van der Waals surface area contributed by atoms with E-state index in [2.05, 4.69) is 71.7 Å². The Morgan fingerprint density at radius 3 is 1.46 bits per heavy atom. The first-order valence-corrected chi connectivity index (χ1v) is 19.5. The third-order valence-electron chi connectivity index (χ3n) is 14.1. The molecule has 6 fully saturated rings. The molecular weight excluding hydrogens is 641 g/mol. The number of pyridine rings is 2. The van der Waals surface area contributed by atoms with Crippen molar-refractivity contribution in [2.45, 2.75) is 63.1 Å². The highest BCUT2D eigenvalue weighted by Crippen LogP contribution is 2.50. The highest BCUT2D eigenvalue weighted by Gasteiger charge is 2.55. The van der Waals surface area contributed by atoms with Gasteiger partial charge in [-0.1, -0.05) is 72.8 Å². The van der Waals surface area contributed by atoms with Gasteiger partial charge in [-0.2, -0.15) is 0 Å². The van der Waals surface area contributed by atoms with Crippen molar-refractivity contribution in [1.29, 1.82) is 0 Å². The molecule has 6 aliphatic heterocycles. The van der Waals surface area contributed by atoms with Crippen LogP contribution in [0.15, 0.2) is 123 Å². The van der Waals surface area contributed by atoms with E-state index in [-0.39, 0.29) is 12.1 Å². The molecule has 2 N–H and O–H groups in total. The zero-order valence-corrected chi connectivity index (χ0v) is 30.2. The molecule has 2 aromatic heterocycles. The summed E-state index contributed by atoms with van der Waals surface area (Å²) in [6.07, 6.45) is 11.3. The maximum Gasteiger partial charge on any atom is 0.131 e. The fraction of sp³-hybridized carbons (Fsp3) is 0.391. The number of hydrogen-bond donors (Lipinski definition) is 2. The molecule has 3 aromatic carbocycles. The monoisotopic (exact) mass is 692 g/mol. The van der Waals surface area contributed by atoms with Gasteiger partial charge in [0.2, 0.25) is 0 Å². The summed E-state index contributed by atoms with van der Waals surface area (Å²) in [5, 5.41) is 26.5. The van der Waals surface area contributed by atoms with Crippen LogP contribution in [-0.4, -0.2) is 67.4 Å². The molecule has 52 heavy (non-hydrogen) atoms. The summed E-state index contributed by atoms with van der Waals surface area (Å²) >= 11 is 0. The molecule has 0 amide bonds. The first kappa shape index (κ1) is 33.6. The van der Waals surface area contributed by atoms with Gasteiger partial charge in [-0.15, -0.1) is 13.2 Å². The zero-order chi connectivity index (χ0) is 35.5. The number of aromatic nitrogens is 2. The van der Waals surface area contributed by atoms with Crippen LogP contribution in [0.25, 0.3) is 21.8 Å². The minimum atomic E-state index is -0.558. The molecule has 6 nitrogen and oxygen atoms in total. The maximum absolute atomic E-state index is 12.2. The topological polar surface area (TPSA) is 66.2 Å². The minimum Gasteiger partial charge on any atom is -0.382 e. The molecule has 0 radical (unpaired) electrons. The SMILES string of the molecule is C=C[C@H]1C[N+]2(Cc3ccc(C[N+]45CC[C@@H](C[C@@H]4[C@@H](O)c4ccnc6ccccc46)[C@@H](C=C)C5)cc3)CC[C@H]1C[C@@H]2[C@@H](O)c1ccnc2ccccc12. The first-order valence-electron chi connectivity index (χ1n) is 19.5. The van der Waals surface area contributed by atoms with Gasteiger partial charge < -0.3 is 19.2 Å². The molecule has 11 rings (SSSR count). The summed E-state index contributed by atoms with van der Waals surface area (Å²) in [6.45, 7) is 14.5. The second-order valence-corrected chi connectivity index (χ2v) is 16.6. The second-order valence-electron chi connectivity index (χ2n) is 16.6. The molecule has 2 unspecified atom stereocenters. The Balaban J connectivity index is 0.999. The van der Waals surface area contributed by atoms with E-state index in [0.717, 1.165) is 94.0 Å². The van der Waals surface area contributed by atoms with E-state index in [1.54, 1.807) is 0 Å².